The number of rotatable bonds is 3. The Morgan fingerprint density at radius 2 is 1.68 bits per heavy atom. The topological polar surface area (TPSA) is 90.9 Å². The summed E-state index contributed by atoms with van der Waals surface area (Å²) in [6.45, 7) is 1.28. The number of sulfonamides is 1. The maximum Gasteiger partial charge on any atom is 0.586 e. The fourth-order valence-corrected chi connectivity index (χ4v) is 5.05. The summed E-state index contributed by atoms with van der Waals surface area (Å²) in [5.41, 5.74) is -1.23. The van der Waals surface area contributed by atoms with Crippen molar-refractivity contribution in [1.29, 1.82) is 0 Å². The normalized spacial score (nSPS) is 20.9. The lowest BCUT2D eigenvalue weighted by Crippen LogP contribution is -2.45. The SMILES string of the molecule is C[C@]1(C(=O)NS(=O)(=O)c2cccc3ccccc23)COc2cc3c(cc21)OC(F)(F)O3. The molecule has 2 aliphatic rings. The molecule has 3 aromatic carbocycles. The van der Waals surface area contributed by atoms with Gasteiger partial charge in [0.2, 0.25) is 5.91 Å². The van der Waals surface area contributed by atoms with Gasteiger partial charge in [0.1, 0.15) is 17.8 Å². The maximum atomic E-state index is 13.4. The number of carbonyl (C=O) groups excluding carboxylic acids is 1. The van der Waals surface area contributed by atoms with Gasteiger partial charge < -0.3 is 14.2 Å². The smallest absolute Gasteiger partial charge is 0.492 e. The minimum atomic E-state index is -4.23. The molecule has 0 aromatic heterocycles. The Morgan fingerprint density at radius 3 is 2.45 bits per heavy atom. The highest BCUT2D eigenvalue weighted by molar-refractivity contribution is 7.90. The predicted molar refractivity (Wildman–Crippen MR) is 105 cm³/mol. The van der Waals surface area contributed by atoms with Crippen molar-refractivity contribution in [3.05, 3.63) is 60.2 Å². The number of carbonyl (C=O) groups is 1. The number of hydrogen-bond donors (Lipinski definition) is 1. The first kappa shape index (κ1) is 19.6. The number of ether oxygens (including phenoxy) is 3. The highest BCUT2D eigenvalue weighted by Crippen LogP contribution is 2.49. The first-order valence-electron chi connectivity index (χ1n) is 9.21. The number of nitrogens with one attached hydrogen (secondary N) is 1. The zero-order chi connectivity index (χ0) is 22.0. The van der Waals surface area contributed by atoms with Crippen LogP contribution in [0, 0.1) is 0 Å². The van der Waals surface area contributed by atoms with Crippen molar-refractivity contribution in [3.63, 3.8) is 0 Å². The van der Waals surface area contributed by atoms with Crippen LogP contribution in [0.2, 0.25) is 0 Å². The monoisotopic (exact) mass is 447 g/mol. The van der Waals surface area contributed by atoms with E-state index in [1.807, 2.05) is 0 Å². The Kier molecular flexibility index (Phi) is 3.97. The molecule has 0 radical (unpaired) electrons. The molecule has 3 aromatic rings. The third kappa shape index (κ3) is 3.05. The fraction of sp³-hybridized carbons (Fsp3) is 0.190. The highest BCUT2D eigenvalue weighted by Gasteiger charge is 2.49. The minimum absolute atomic E-state index is 0.0491. The minimum Gasteiger partial charge on any atom is -0.492 e. The van der Waals surface area contributed by atoms with E-state index in [-0.39, 0.29) is 34.3 Å². The quantitative estimate of drug-likeness (QED) is 0.663. The second-order valence-electron chi connectivity index (χ2n) is 7.50. The number of hydrogen-bond acceptors (Lipinski definition) is 6. The van der Waals surface area contributed by atoms with Gasteiger partial charge in [0.25, 0.3) is 10.0 Å². The van der Waals surface area contributed by atoms with Crippen LogP contribution in [0.1, 0.15) is 12.5 Å². The van der Waals surface area contributed by atoms with E-state index in [0.29, 0.717) is 10.8 Å². The molecule has 160 valence electrons. The molecule has 0 spiro atoms. The number of halogens is 2. The standard InChI is InChI=1S/C21H15F2NO6S/c1-20(11-28-15-10-17-16(9-14(15)20)29-21(22,23)30-17)19(25)24-31(26,27)18-8-4-6-12-5-2-3-7-13(12)18/h2-10H,11H2,1H3,(H,24,25)/t20-/m0/s1. The van der Waals surface area contributed by atoms with E-state index in [9.17, 15) is 22.0 Å². The van der Waals surface area contributed by atoms with Gasteiger partial charge in [-0.05, 0) is 24.4 Å². The lowest BCUT2D eigenvalue weighted by atomic mass is 9.84. The molecular formula is C21H15F2NO6S. The lowest BCUT2D eigenvalue weighted by Gasteiger charge is -2.22. The van der Waals surface area contributed by atoms with Crippen molar-refractivity contribution in [2.45, 2.75) is 23.5 Å². The van der Waals surface area contributed by atoms with Crippen LogP contribution in [0.3, 0.4) is 0 Å². The van der Waals surface area contributed by atoms with E-state index < -0.39 is 27.6 Å². The summed E-state index contributed by atoms with van der Waals surface area (Å²) in [4.78, 5) is 13.0. The van der Waals surface area contributed by atoms with Gasteiger partial charge in [0.05, 0.1) is 4.90 Å². The molecule has 31 heavy (non-hydrogen) atoms. The van der Waals surface area contributed by atoms with Crippen molar-refractivity contribution in [1.82, 2.24) is 4.72 Å². The number of benzene rings is 3. The van der Waals surface area contributed by atoms with E-state index in [4.69, 9.17) is 4.74 Å². The van der Waals surface area contributed by atoms with Crippen molar-refractivity contribution >= 4 is 26.7 Å². The lowest BCUT2D eigenvalue weighted by molar-refractivity contribution is -0.286. The Morgan fingerprint density at radius 1 is 1.00 bits per heavy atom. The van der Waals surface area contributed by atoms with Gasteiger partial charge in [-0.25, -0.2) is 13.1 Å². The average molecular weight is 447 g/mol. The molecule has 0 saturated heterocycles. The molecule has 0 saturated carbocycles. The van der Waals surface area contributed by atoms with Gasteiger partial charge in [0.15, 0.2) is 11.5 Å². The fourth-order valence-electron chi connectivity index (χ4n) is 3.74. The molecule has 0 aliphatic carbocycles. The number of alkyl halides is 2. The first-order valence-corrected chi connectivity index (χ1v) is 10.7. The van der Waals surface area contributed by atoms with Crippen molar-refractivity contribution in [2.24, 2.45) is 0 Å². The molecule has 2 heterocycles. The average Bonchev–Trinajstić information content (AvgIpc) is 3.20. The van der Waals surface area contributed by atoms with Crippen LogP contribution >= 0.6 is 0 Å². The second kappa shape index (κ2) is 6.30. The van der Waals surface area contributed by atoms with Crippen molar-refractivity contribution < 1.29 is 36.2 Å². The van der Waals surface area contributed by atoms with Crippen LogP contribution in [-0.2, 0) is 20.2 Å². The molecule has 5 rings (SSSR count). The van der Waals surface area contributed by atoms with Crippen LogP contribution in [-0.4, -0.2) is 27.2 Å². The number of fused-ring (bicyclic) bond motifs is 3. The van der Waals surface area contributed by atoms with Crippen LogP contribution in [0.5, 0.6) is 17.2 Å². The highest BCUT2D eigenvalue weighted by atomic mass is 32.2. The molecule has 2 aliphatic heterocycles. The Bertz CT molecular complexity index is 1350. The van der Waals surface area contributed by atoms with E-state index in [0.717, 1.165) is 0 Å². The van der Waals surface area contributed by atoms with Gasteiger partial charge in [-0.1, -0.05) is 36.4 Å². The summed E-state index contributed by atoms with van der Waals surface area (Å²) in [5.74, 6) is -1.20. The van der Waals surface area contributed by atoms with Gasteiger partial charge in [0, 0.05) is 17.0 Å². The third-order valence-electron chi connectivity index (χ3n) is 5.38. The molecule has 0 bridgehead atoms. The Balaban J connectivity index is 1.50. The summed E-state index contributed by atoms with van der Waals surface area (Å²) in [7, 11) is -4.23. The molecule has 10 heteroatoms. The zero-order valence-corrected chi connectivity index (χ0v) is 16.8. The largest absolute Gasteiger partial charge is 0.586 e. The molecule has 0 fully saturated rings. The molecule has 1 N–H and O–H groups in total. The second-order valence-corrected chi connectivity index (χ2v) is 9.15. The summed E-state index contributed by atoms with van der Waals surface area (Å²) in [6.07, 6.45) is -3.83. The predicted octanol–water partition coefficient (Wildman–Crippen LogP) is 3.32. The van der Waals surface area contributed by atoms with Gasteiger partial charge in [-0.15, -0.1) is 8.78 Å². The summed E-state index contributed by atoms with van der Waals surface area (Å²) in [5, 5.41) is 1.16. The van der Waals surface area contributed by atoms with Gasteiger partial charge in [-0.3, -0.25) is 4.79 Å². The van der Waals surface area contributed by atoms with Gasteiger partial charge >= 0.3 is 6.29 Å². The Hall–Kier alpha value is -3.40. The van der Waals surface area contributed by atoms with E-state index >= 15 is 0 Å². The summed E-state index contributed by atoms with van der Waals surface area (Å²) >= 11 is 0. The molecule has 1 amide bonds. The van der Waals surface area contributed by atoms with Crippen LogP contribution < -0.4 is 18.9 Å². The van der Waals surface area contributed by atoms with Crippen LogP contribution in [0.15, 0.2) is 59.5 Å². The summed E-state index contributed by atoms with van der Waals surface area (Å²) < 4.78 is 69.2. The van der Waals surface area contributed by atoms with Crippen LogP contribution in [0.4, 0.5) is 8.78 Å². The molecule has 7 nitrogen and oxygen atoms in total. The zero-order valence-electron chi connectivity index (χ0n) is 16.0. The van der Waals surface area contributed by atoms with Gasteiger partial charge in [-0.2, -0.15) is 0 Å². The van der Waals surface area contributed by atoms with Crippen molar-refractivity contribution in [3.8, 4) is 17.2 Å². The summed E-state index contributed by atoms with van der Waals surface area (Å²) in [6, 6.07) is 14.0. The molecule has 0 unspecified atom stereocenters. The Labute approximate surface area is 175 Å². The third-order valence-corrected chi connectivity index (χ3v) is 6.77. The molecular weight excluding hydrogens is 432 g/mol. The van der Waals surface area contributed by atoms with E-state index in [1.54, 1.807) is 36.4 Å². The number of amides is 1. The van der Waals surface area contributed by atoms with E-state index in [1.165, 1.54) is 25.1 Å². The van der Waals surface area contributed by atoms with Crippen LogP contribution in [0.25, 0.3) is 10.8 Å². The molecule has 1 atom stereocenters. The van der Waals surface area contributed by atoms with Crippen molar-refractivity contribution in [2.75, 3.05) is 6.61 Å². The van der Waals surface area contributed by atoms with E-state index in [2.05, 4.69) is 14.2 Å². The first-order chi connectivity index (χ1) is 14.6. The maximum absolute atomic E-state index is 13.4.